The van der Waals surface area contributed by atoms with Crippen LogP contribution in [0.5, 0.6) is 0 Å². The van der Waals surface area contributed by atoms with Gasteiger partial charge in [-0.1, -0.05) is 18.2 Å². The van der Waals surface area contributed by atoms with Gasteiger partial charge in [-0.15, -0.1) is 11.3 Å². The first-order chi connectivity index (χ1) is 10.0. The lowest BCUT2D eigenvalue weighted by molar-refractivity contribution is -0.134. The molecular weight excluding hydrogens is 284 g/mol. The SMILES string of the molecule is CN(Cc1cc2ccccc2s1)C(=O)[C@H]1C[C@@H](N)[C@H](O)C1. The van der Waals surface area contributed by atoms with Crippen LogP contribution in [0.2, 0.25) is 0 Å². The lowest BCUT2D eigenvalue weighted by Gasteiger charge is -2.20. The number of hydrogen-bond donors (Lipinski definition) is 2. The van der Waals surface area contributed by atoms with Crippen molar-refractivity contribution < 1.29 is 9.90 Å². The van der Waals surface area contributed by atoms with E-state index in [2.05, 4.69) is 18.2 Å². The number of aliphatic hydroxyl groups is 1. The summed E-state index contributed by atoms with van der Waals surface area (Å²) in [7, 11) is 1.82. The minimum atomic E-state index is -0.545. The average molecular weight is 304 g/mol. The van der Waals surface area contributed by atoms with E-state index in [0.29, 0.717) is 19.4 Å². The Kier molecular flexibility index (Phi) is 3.97. The molecule has 1 amide bonds. The van der Waals surface area contributed by atoms with Gasteiger partial charge in [0.15, 0.2) is 0 Å². The van der Waals surface area contributed by atoms with Crippen LogP contribution in [0.3, 0.4) is 0 Å². The van der Waals surface area contributed by atoms with Gasteiger partial charge in [0.2, 0.25) is 5.91 Å². The number of amides is 1. The fraction of sp³-hybridized carbons (Fsp3) is 0.438. The molecule has 1 fully saturated rings. The molecule has 1 aromatic carbocycles. The Hall–Kier alpha value is -1.43. The molecule has 0 aliphatic heterocycles. The van der Waals surface area contributed by atoms with E-state index >= 15 is 0 Å². The molecule has 3 atom stereocenters. The summed E-state index contributed by atoms with van der Waals surface area (Å²) in [5.74, 6) is -0.0613. The van der Waals surface area contributed by atoms with Crippen molar-refractivity contribution in [1.29, 1.82) is 0 Å². The Morgan fingerprint density at radius 2 is 2.19 bits per heavy atom. The maximum atomic E-state index is 12.4. The Labute approximate surface area is 128 Å². The van der Waals surface area contributed by atoms with Crippen LogP contribution in [-0.4, -0.2) is 35.1 Å². The first-order valence-electron chi connectivity index (χ1n) is 7.20. The largest absolute Gasteiger partial charge is 0.391 e. The molecule has 1 aliphatic rings. The molecule has 21 heavy (non-hydrogen) atoms. The normalized spacial score (nSPS) is 25.4. The number of carbonyl (C=O) groups is 1. The number of carbonyl (C=O) groups excluding carboxylic acids is 1. The van der Waals surface area contributed by atoms with Gasteiger partial charge in [-0.25, -0.2) is 0 Å². The second-order valence-electron chi connectivity index (χ2n) is 5.84. The van der Waals surface area contributed by atoms with Crippen LogP contribution in [0.4, 0.5) is 0 Å². The molecule has 0 spiro atoms. The highest BCUT2D eigenvalue weighted by atomic mass is 32.1. The smallest absolute Gasteiger partial charge is 0.225 e. The van der Waals surface area contributed by atoms with Gasteiger partial charge in [0.25, 0.3) is 0 Å². The number of hydrogen-bond acceptors (Lipinski definition) is 4. The monoisotopic (exact) mass is 304 g/mol. The van der Waals surface area contributed by atoms with Gasteiger partial charge in [0, 0.05) is 28.6 Å². The zero-order chi connectivity index (χ0) is 15.0. The van der Waals surface area contributed by atoms with Crippen LogP contribution in [0.1, 0.15) is 17.7 Å². The highest BCUT2D eigenvalue weighted by Crippen LogP contribution is 2.29. The number of benzene rings is 1. The first kappa shape index (κ1) is 14.5. The first-order valence-corrected chi connectivity index (χ1v) is 8.02. The van der Waals surface area contributed by atoms with Crippen molar-refractivity contribution in [3.63, 3.8) is 0 Å². The van der Waals surface area contributed by atoms with E-state index in [0.717, 1.165) is 0 Å². The predicted octanol–water partition coefficient (Wildman–Crippen LogP) is 1.96. The molecule has 1 heterocycles. The molecule has 3 rings (SSSR count). The van der Waals surface area contributed by atoms with Gasteiger partial charge in [0.05, 0.1) is 12.6 Å². The summed E-state index contributed by atoms with van der Waals surface area (Å²) >= 11 is 1.72. The Morgan fingerprint density at radius 3 is 2.86 bits per heavy atom. The molecule has 1 aliphatic carbocycles. The van der Waals surface area contributed by atoms with Crippen LogP contribution in [-0.2, 0) is 11.3 Å². The van der Waals surface area contributed by atoms with Crippen LogP contribution in [0, 0.1) is 5.92 Å². The van der Waals surface area contributed by atoms with E-state index in [1.165, 1.54) is 15.0 Å². The molecule has 0 unspecified atom stereocenters. The highest BCUT2D eigenvalue weighted by molar-refractivity contribution is 7.19. The summed E-state index contributed by atoms with van der Waals surface area (Å²) in [5, 5.41) is 10.9. The number of nitrogens with zero attached hydrogens (tertiary/aromatic N) is 1. The van der Waals surface area contributed by atoms with Crippen molar-refractivity contribution in [3.8, 4) is 0 Å². The van der Waals surface area contributed by atoms with E-state index in [1.807, 2.05) is 19.2 Å². The zero-order valence-electron chi connectivity index (χ0n) is 12.0. The molecule has 112 valence electrons. The molecule has 0 bridgehead atoms. The second kappa shape index (κ2) is 5.75. The van der Waals surface area contributed by atoms with Gasteiger partial charge >= 0.3 is 0 Å². The summed E-state index contributed by atoms with van der Waals surface area (Å²) in [6, 6.07) is 10.1. The summed E-state index contributed by atoms with van der Waals surface area (Å²) in [6.45, 7) is 0.611. The van der Waals surface area contributed by atoms with E-state index in [1.54, 1.807) is 16.2 Å². The fourth-order valence-electron chi connectivity index (χ4n) is 2.99. The molecule has 3 N–H and O–H groups in total. The van der Waals surface area contributed by atoms with Gasteiger partial charge in [0.1, 0.15) is 0 Å². The fourth-order valence-corrected chi connectivity index (χ4v) is 4.11. The molecule has 5 heteroatoms. The van der Waals surface area contributed by atoms with Gasteiger partial charge in [-0.2, -0.15) is 0 Å². The Morgan fingerprint density at radius 1 is 1.43 bits per heavy atom. The maximum absolute atomic E-state index is 12.4. The van der Waals surface area contributed by atoms with Crippen LogP contribution in [0.25, 0.3) is 10.1 Å². The topological polar surface area (TPSA) is 66.6 Å². The van der Waals surface area contributed by atoms with E-state index in [4.69, 9.17) is 5.73 Å². The van der Waals surface area contributed by atoms with E-state index in [9.17, 15) is 9.90 Å². The molecular formula is C16H20N2O2S. The molecule has 0 radical (unpaired) electrons. The van der Waals surface area contributed by atoms with Gasteiger partial charge in [-0.05, 0) is 30.4 Å². The zero-order valence-corrected chi connectivity index (χ0v) is 12.8. The number of fused-ring (bicyclic) bond motifs is 1. The van der Waals surface area contributed by atoms with Crippen molar-refractivity contribution in [1.82, 2.24) is 4.90 Å². The van der Waals surface area contributed by atoms with Crippen LogP contribution < -0.4 is 5.73 Å². The van der Waals surface area contributed by atoms with E-state index in [-0.39, 0.29) is 17.9 Å². The Bertz CT molecular complexity index is 612. The van der Waals surface area contributed by atoms with Crippen molar-refractivity contribution >= 4 is 27.3 Å². The van der Waals surface area contributed by atoms with Crippen LogP contribution >= 0.6 is 11.3 Å². The minimum Gasteiger partial charge on any atom is -0.391 e. The third-order valence-electron chi connectivity index (χ3n) is 4.17. The highest BCUT2D eigenvalue weighted by Gasteiger charge is 2.36. The van der Waals surface area contributed by atoms with Crippen molar-refractivity contribution in [2.75, 3.05) is 7.05 Å². The quantitative estimate of drug-likeness (QED) is 0.911. The molecule has 4 nitrogen and oxygen atoms in total. The van der Waals surface area contributed by atoms with Crippen molar-refractivity contribution in [2.24, 2.45) is 11.7 Å². The van der Waals surface area contributed by atoms with Gasteiger partial charge < -0.3 is 15.7 Å². The Balaban J connectivity index is 1.68. The van der Waals surface area contributed by atoms with Crippen LogP contribution in [0.15, 0.2) is 30.3 Å². The summed E-state index contributed by atoms with van der Waals surface area (Å²) in [5.41, 5.74) is 5.79. The molecule has 0 saturated heterocycles. The minimum absolute atomic E-state index is 0.0828. The number of nitrogens with two attached hydrogens (primary N) is 1. The van der Waals surface area contributed by atoms with Gasteiger partial charge in [-0.3, -0.25) is 4.79 Å². The summed E-state index contributed by atoms with van der Waals surface area (Å²) in [4.78, 5) is 15.3. The molecule has 1 aromatic heterocycles. The number of rotatable bonds is 3. The number of aliphatic hydroxyl groups excluding tert-OH is 1. The maximum Gasteiger partial charge on any atom is 0.225 e. The summed E-state index contributed by atoms with van der Waals surface area (Å²) < 4.78 is 1.24. The summed E-state index contributed by atoms with van der Waals surface area (Å²) in [6.07, 6.45) is 0.518. The average Bonchev–Trinajstić information content (AvgIpc) is 3.01. The lowest BCUT2D eigenvalue weighted by Crippen LogP contribution is -2.32. The number of thiophene rings is 1. The third kappa shape index (κ3) is 2.95. The molecule has 1 saturated carbocycles. The third-order valence-corrected chi connectivity index (χ3v) is 5.27. The molecule has 2 aromatic rings. The van der Waals surface area contributed by atoms with Crippen molar-refractivity contribution in [2.45, 2.75) is 31.5 Å². The lowest BCUT2D eigenvalue weighted by atomic mass is 10.1. The predicted molar refractivity (Wildman–Crippen MR) is 85.0 cm³/mol. The van der Waals surface area contributed by atoms with E-state index < -0.39 is 6.10 Å². The standard InChI is InChI=1S/C16H20N2O2S/c1-18(16(20)11-7-13(17)14(19)8-11)9-12-6-10-4-2-3-5-15(10)21-12/h2-6,11,13-14,19H,7-9,17H2,1H3/t11-,13+,14+/m0/s1. The van der Waals surface area contributed by atoms with Crippen molar-refractivity contribution in [3.05, 3.63) is 35.2 Å². The second-order valence-corrected chi connectivity index (χ2v) is 7.01.